The summed E-state index contributed by atoms with van der Waals surface area (Å²) in [6.07, 6.45) is -1.72. The Morgan fingerprint density at radius 2 is 1.71 bits per heavy atom. The van der Waals surface area contributed by atoms with Crippen molar-refractivity contribution in [1.82, 2.24) is 35.5 Å². The van der Waals surface area contributed by atoms with E-state index in [4.69, 9.17) is 19.2 Å². The number of rotatable bonds is 13. The molecular weight excluding hydrogens is 657 g/mol. The molecule has 1 N–H and O–H groups in total. The van der Waals surface area contributed by atoms with Crippen LogP contribution in [0.25, 0.3) is 33.1 Å². The number of tetrazole rings is 1. The number of nitrogens with one attached hydrogen (secondary N) is 1. The van der Waals surface area contributed by atoms with Gasteiger partial charge >= 0.3 is 12.5 Å². The fraction of sp³-hybridized carbons (Fsp3) is 0.375. The lowest BCUT2D eigenvalue weighted by atomic mass is 10.1. The number of amides is 1. The molecule has 17 heteroatoms. The molecule has 0 saturated heterocycles. The van der Waals surface area contributed by atoms with E-state index in [0.717, 1.165) is 21.7 Å². The van der Waals surface area contributed by atoms with Crippen molar-refractivity contribution < 1.29 is 45.7 Å². The van der Waals surface area contributed by atoms with E-state index in [-0.39, 0.29) is 31.9 Å². The number of carbonyl (C=O) groups excluding carboxylic acids is 1. The van der Waals surface area contributed by atoms with E-state index in [0.29, 0.717) is 48.8 Å². The monoisotopic (exact) mass is 689 g/mol. The zero-order valence-corrected chi connectivity index (χ0v) is 26.7. The van der Waals surface area contributed by atoms with Crippen LogP contribution in [0, 0.1) is 11.6 Å². The van der Waals surface area contributed by atoms with Gasteiger partial charge in [0, 0.05) is 53.8 Å². The highest BCUT2D eigenvalue weighted by molar-refractivity contribution is 6.08. The van der Waals surface area contributed by atoms with E-state index < -0.39 is 35.4 Å². The molecular formula is C32H32F5N7O5. The van der Waals surface area contributed by atoms with Crippen LogP contribution in [0.5, 0.6) is 11.6 Å². The van der Waals surface area contributed by atoms with Crippen molar-refractivity contribution in [2.75, 3.05) is 26.4 Å². The highest BCUT2D eigenvalue weighted by Gasteiger charge is 2.34. The van der Waals surface area contributed by atoms with Crippen molar-refractivity contribution in [2.24, 2.45) is 0 Å². The highest BCUT2D eigenvalue weighted by Crippen LogP contribution is 2.32. The summed E-state index contributed by atoms with van der Waals surface area (Å²) in [5.74, 6) is -3.85. The maximum Gasteiger partial charge on any atom is 0.573 e. The van der Waals surface area contributed by atoms with Crippen LogP contribution >= 0.6 is 0 Å². The Kier molecular flexibility index (Phi) is 10.7. The Labute approximate surface area is 276 Å². The molecule has 0 atom stereocenters. The quantitative estimate of drug-likeness (QED) is 0.0803. The normalized spacial score (nSPS) is 12.0. The van der Waals surface area contributed by atoms with Crippen LogP contribution in [0.15, 0.2) is 48.8 Å². The second kappa shape index (κ2) is 14.9. The molecule has 2 aromatic carbocycles. The molecule has 0 unspecified atom stereocenters. The van der Waals surface area contributed by atoms with Gasteiger partial charge in [-0.15, -0.1) is 23.4 Å². The van der Waals surface area contributed by atoms with Crippen molar-refractivity contribution in [3.63, 3.8) is 0 Å². The molecule has 3 heterocycles. The first kappa shape index (κ1) is 35.1. The van der Waals surface area contributed by atoms with Gasteiger partial charge in [0.1, 0.15) is 12.2 Å². The van der Waals surface area contributed by atoms with Gasteiger partial charge in [0.2, 0.25) is 17.5 Å². The zero-order valence-electron chi connectivity index (χ0n) is 26.7. The van der Waals surface area contributed by atoms with Gasteiger partial charge in [-0.05, 0) is 68.7 Å². The number of alkyl halides is 3. The first-order valence-electron chi connectivity index (χ1n) is 15.1. The summed E-state index contributed by atoms with van der Waals surface area (Å²) >= 11 is 0. The van der Waals surface area contributed by atoms with Gasteiger partial charge in [0.25, 0.3) is 0 Å². The number of fused-ring (bicyclic) bond motifs is 3. The number of aromatic nitrogens is 6. The van der Waals surface area contributed by atoms with Crippen molar-refractivity contribution in [3.05, 3.63) is 66.0 Å². The van der Waals surface area contributed by atoms with Gasteiger partial charge in [-0.25, -0.2) is 18.6 Å². The lowest BCUT2D eigenvalue weighted by Crippen LogP contribution is -2.37. The Morgan fingerprint density at radius 1 is 0.939 bits per heavy atom. The van der Waals surface area contributed by atoms with E-state index in [1.807, 2.05) is 24.3 Å². The van der Waals surface area contributed by atoms with Crippen LogP contribution in [0.2, 0.25) is 0 Å². The van der Waals surface area contributed by atoms with Crippen molar-refractivity contribution in [1.29, 1.82) is 0 Å². The Hall–Kier alpha value is -5.19. The number of aromatic amines is 1. The van der Waals surface area contributed by atoms with Gasteiger partial charge in [-0.3, -0.25) is 4.98 Å². The largest absolute Gasteiger partial charge is 0.573 e. The van der Waals surface area contributed by atoms with Crippen molar-refractivity contribution >= 4 is 27.8 Å². The Morgan fingerprint density at radius 3 is 2.41 bits per heavy atom. The molecule has 5 aromatic rings. The summed E-state index contributed by atoms with van der Waals surface area (Å²) in [6.45, 7) is 5.49. The summed E-state index contributed by atoms with van der Waals surface area (Å²) in [6, 6.07) is 8.80. The van der Waals surface area contributed by atoms with E-state index in [1.165, 1.54) is 4.90 Å². The van der Waals surface area contributed by atoms with Crippen LogP contribution in [-0.2, 0) is 16.0 Å². The third-order valence-electron chi connectivity index (χ3n) is 6.90. The zero-order chi connectivity index (χ0) is 35.2. The first-order valence-corrected chi connectivity index (χ1v) is 15.1. The topological polar surface area (TPSA) is 137 Å². The molecule has 0 spiro atoms. The van der Waals surface area contributed by atoms with E-state index in [2.05, 4.69) is 30.3 Å². The molecule has 0 aliphatic carbocycles. The Bertz CT molecular complexity index is 1880. The summed E-state index contributed by atoms with van der Waals surface area (Å²) in [4.78, 5) is 23.0. The van der Waals surface area contributed by atoms with Crippen LogP contribution in [0.4, 0.5) is 26.7 Å². The molecule has 0 radical (unpaired) electrons. The van der Waals surface area contributed by atoms with Crippen LogP contribution in [0.3, 0.4) is 0 Å². The fourth-order valence-electron chi connectivity index (χ4n) is 4.86. The number of H-pyrrole nitrogens is 1. The third kappa shape index (κ3) is 9.46. The molecule has 0 aliphatic heterocycles. The molecule has 0 saturated carbocycles. The number of hydrogen-bond donors (Lipinski definition) is 1. The van der Waals surface area contributed by atoms with E-state index in [1.54, 1.807) is 33.2 Å². The van der Waals surface area contributed by atoms with Gasteiger partial charge in [0.15, 0.2) is 11.6 Å². The van der Waals surface area contributed by atoms with Gasteiger partial charge in [-0.2, -0.15) is 5.21 Å². The van der Waals surface area contributed by atoms with Crippen molar-refractivity contribution in [2.45, 2.75) is 52.1 Å². The van der Waals surface area contributed by atoms with E-state index in [9.17, 15) is 26.7 Å². The SMILES string of the molecule is CC(C)(C)OC(=O)N(CCCCOCCOc1nc2cc(-c3nn[nH]n3)ccc2c2cnccc12)Cc1cc(F)c(OC(F)(F)F)c(F)c1. The number of carbonyl (C=O) groups is 1. The number of unbranched alkanes of at least 4 members (excludes halogenated alkanes) is 1. The van der Waals surface area contributed by atoms with Crippen LogP contribution in [-0.4, -0.2) is 79.9 Å². The summed E-state index contributed by atoms with van der Waals surface area (Å²) in [5.41, 5.74) is 0.437. The molecule has 49 heavy (non-hydrogen) atoms. The van der Waals surface area contributed by atoms with Gasteiger partial charge in [-0.1, -0.05) is 12.1 Å². The first-order chi connectivity index (χ1) is 23.3. The second-order valence-corrected chi connectivity index (χ2v) is 11.8. The maximum absolute atomic E-state index is 14.3. The molecule has 12 nitrogen and oxygen atoms in total. The minimum atomic E-state index is -5.28. The average Bonchev–Trinajstić information content (AvgIpc) is 3.57. The molecule has 0 bridgehead atoms. The minimum absolute atomic E-state index is 0.0829. The standard InChI is InChI=1S/C32H32F5N7O5/c1-31(2,3)49-30(45)44(18-19-14-24(33)27(25(34)15-19)48-32(35,36)37)10-4-5-11-46-12-13-47-29-22-8-9-38-17-23(22)21-7-6-20(16-26(21)39-29)28-40-42-43-41-28/h6-9,14-17H,4-5,10-13,18H2,1-3H3,(H,40,41,42,43). The predicted octanol–water partition coefficient (Wildman–Crippen LogP) is 6.75. The fourth-order valence-corrected chi connectivity index (χ4v) is 4.86. The molecule has 0 aliphatic rings. The number of halogens is 5. The molecule has 0 fully saturated rings. The van der Waals surface area contributed by atoms with Gasteiger partial charge in [0.05, 0.1) is 12.1 Å². The summed E-state index contributed by atoms with van der Waals surface area (Å²) < 4.78 is 86.8. The molecule has 260 valence electrons. The molecule has 1 amide bonds. The van der Waals surface area contributed by atoms with Gasteiger partial charge < -0.3 is 23.8 Å². The Balaban J connectivity index is 1.15. The number of hydrogen-bond acceptors (Lipinski definition) is 10. The molecule has 3 aromatic heterocycles. The van der Waals surface area contributed by atoms with Crippen molar-refractivity contribution in [3.8, 4) is 23.0 Å². The lowest BCUT2D eigenvalue weighted by Gasteiger charge is -2.27. The van der Waals surface area contributed by atoms with E-state index >= 15 is 0 Å². The number of nitrogens with zero attached hydrogens (tertiary/aromatic N) is 6. The second-order valence-electron chi connectivity index (χ2n) is 11.8. The smallest absolute Gasteiger partial charge is 0.475 e. The average molecular weight is 690 g/mol. The summed E-state index contributed by atoms with van der Waals surface area (Å²) in [7, 11) is 0. The van der Waals surface area contributed by atoms with Crippen LogP contribution in [0.1, 0.15) is 39.2 Å². The molecule has 5 rings (SSSR count). The minimum Gasteiger partial charge on any atom is -0.475 e. The maximum atomic E-state index is 14.3. The summed E-state index contributed by atoms with van der Waals surface area (Å²) in [5, 5.41) is 16.6. The van der Waals surface area contributed by atoms with Crippen LogP contribution < -0.4 is 9.47 Å². The third-order valence-corrected chi connectivity index (χ3v) is 6.90. The highest BCUT2D eigenvalue weighted by atomic mass is 19.4. The number of ether oxygens (including phenoxy) is 4. The predicted molar refractivity (Wildman–Crippen MR) is 165 cm³/mol. The lowest BCUT2D eigenvalue weighted by molar-refractivity contribution is -0.276. The number of benzene rings is 2. The number of pyridine rings is 2.